The topological polar surface area (TPSA) is 26.3 Å². The third-order valence-corrected chi connectivity index (χ3v) is 3.37. The van der Waals surface area contributed by atoms with Crippen LogP contribution in [-0.4, -0.2) is 13.1 Å². The molecule has 0 aliphatic heterocycles. The molecule has 1 saturated carbocycles. The van der Waals surface area contributed by atoms with Crippen molar-refractivity contribution in [1.29, 1.82) is 0 Å². The molecule has 2 rings (SSSR count). The highest BCUT2D eigenvalue weighted by Gasteiger charge is 2.17. The van der Waals surface area contributed by atoms with Gasteiger partial charge in [0, 0.05) is 0 Å². The van der Waals surface area contributed by atoms with Crippen LogP contribution in [0.1, 0.15) is 37.2 Å². The van der Waals surface area contributed by atoms with Crippen LogP contribution in [-0.2, 0) is 9.53 Å². The van der Waals surface area contributed by atoms with Crippen LogP contribution in [0.3, 0.4) is 0 Å². The number of benzene rings is 1. The molecule has 0 bridgehead atoms. The monoisotopic (exact) mass is 229 g/mol. The predicted molar refractivity (Wildman–Crippen MR) is 66.6 cm³/mol. The Bertz CT molecular complexity index is 371. The van der Waals surface area contributed by atoms with Crippen LogP contribution in [0.5, 0.6) is 0 Å². The van der Waals surface area contributed by atoms with Gasteiger partial charge >= 0.3 is 0 Å². The lowest BCUT2D eigenvalue weighted by Crippen LogP contribution is -2.07. The largest absolute Gasteiger partial charge is 0.464 e. The van der Waals surface area contributed by atoms with Crippen molar-refractivity contribution < 1.29 is 9.53 Å². The number of hydrogen-bond donors (Lipinski definition) is 0. The van der Waals surface area contributed by atoms with Gasteiger partial charge in [0.05, 0.1) is 0 Å². The Morgan fingerprint density at radius 1 is 1.41 bits per heavy atom. The molecule has 1 aliphatic rings. The molecule has 1 aromatic carbocycles. The second kappa shape index (κ2) is 6.24. The van der Waals surface area contributed by atoms with Crippen LogP contribution in [0.2, 0.25) is 0 Å². The highest BCUT2D eigenvalue weighted by molar-refractivity contribution is 5.37. The lowest BCUT2D eigenvalue weighted by molar-refractivity contribution is -0.127. The molecule has 1 fully saturated rings. The number of rotatable bonds is 4. The van der Waals surface area contributed by atoms with Crippen LogP contribution in [0.15, 0.2) is 35.9 Å². The quantitative estimate of drug-likeness (QED) is 0.450. The fraction of sp³-hybridized carbons (Fsp3) is 0.400. The molecular weight excluding hydrogens is 212 g/mol. The number of hydrogen-bond acceptors (Lipinski definition) is 2. The summed E-state index contributed by atoms with van der Waals surface area (Å²) < 4.78 is 4.69. The minimum absolute atomic E-state index is 0.419. The average Bonchev–Trinajstić information content (AvgIpc) is 2.41. The molecule has 0 unspecified atom stereocenters. The Labute approximate surface area is 102 Å². The van der Waals surface area contributed by atoms with Gasteiger partial charge in [-0.2, -0.15) is 0 Å². The van der Waals surface area contributed by atoms with Crippen LogP contribution in [0.25, 0.3) is 0 Å². The van der Waals surface area contributed by atoms with Gasteiger partial charge in [0.2, 0.25) is 0 Å². The van der Waals surface area contributed by atoms with Gasteiger partial charge in [0.25, 0.3) is 6.47 Å². The van der Waals surface area contributed by atoms with Crippen LogP contribution in [0.4, 0.5) is 0 Å². The Morgan fingerprint density at radius 3 is 2.88 bits per heavy atom. The predicted octanol–water partition coefficient (Wildman–Crippen LogP) is 3.24. The third kappa shape index (κ3) is 3.45. The van der Waals surface area contributed by atoms with Crippen molar-refractivity contribution in [3.05, 3.63) is 47.5 Å². The Kier molecular flexibility index (Phi) is 4.37. The van der Waals surface area contributed by atoms with Crippen LogP contribution < -0.4 is 0 Å². The summed E-state index contributed by atoms with van der Waals surface area (Å²) in [5, 5.41) is 0. The van der Waals surface area contributed by atoms with Crippen molar-refractivity contribution in [2.45, 2.75) is 31.6 Å². The summed E-state index contributed by atoms with van der Waals surface area (Å²) in [6, 6.07) is 11.4. The van der Waals surface area contributed by atoms with Gasteiger partial charge in [-0.05, 0) is 49.3 Å². The third-order valence-electron chi connectivity index (χ3n) is 3.37. The molecule has 2 heteroatoms. The summed E-state index contributed by atoms with van der Waals surface area (Å²) in [6.07, 6.45) is 6.64. The van der Waals surface area contributed by atoms with E-state index in [9.17, 15) is 4.79 Å². The SMILES string of the molecule is O=COCC=C1CCC(c2c[c]ccc2)CC1. The molecule has 0 N–H and O–H groups in total. The van der Waals surface area contributed by atoms with E-state index in [1.807, 2.05) is 12.1 Å². The van der Waals surface area contributed by atoms with Gasteiger partial charge in [-0.1, -0.05) is 29.8 Å². The zero-order chi connectivity index (χ0) is 11.9. The summed E-state index contributed by atoms with van der Waals surface area (Å²) in [4.78, 5) is 10.0. The highest BCUT2D eigenvalue weighted by Crippen LogP contribution is 2.34. The molecule has 0 aromatic heterocycles. The van der Waals surface area contributed by atoms with Gasteiger partial charge < -0.3 is 4.74 Å². The van der Waals surface area contributed by atoms with E-state index in [2.05, 4.69) is 29.0 Å². The number of allylic oxidation sites excluding steroid dienone is 1. The van der Waals surface area contributed by atoms with E-state index in [0.29, 0.717) is 19.0 Å². The number of carbonyl (C=O) groups excluding carboxylic acids is 1. The molecule has 0 spiro atoms. The van der Waals surface area contributed by atoms with Crippen molar-refractivity contribution in [2.75, 3.05) is 6.61 Å². The van der Waals surface area contributed by atoms with Gasteiger partial charge in [0.15, 0.2) is 0 Å². The van der Waals surface area contributed by atoms with Crippen molar-refractivity contribution >= 4 is 6.47 Å². The van der Waals surface area contributed by atoms with Crippen LogP contribution in [0, 0.1) is 6.07 Å². The summed E-state index contributed by atoms with van der Waals surface area (Å²) in [5.74, 6) is 0.664. The Balaban J connectivity index is 1.86. The average molecular weight is 229 g/mol. The van der Waals surface area contributed by atoms with Crippen LogP contribution >= 0.6 is 0 Å². The van der Waals surface area contributed by atoms with E-state index >= 15 is 0 Å². The molecule has 1 radical (unpaired) electrons. The molecule has 0 atom stereocenters. The molecule has 17 heavy (non-hydrogen) atoms. The summed E-state index contributed by atoms with van der Waals surface area (Å²) in [6.45, 7) is 0.922. The standard InChI is InChI=1S/C15H17O2/c16-12-17-11-10-13-6-8-15(9-7-13)14-4-2-1-3-5-14/h1-2,4-5,10,12,15H,6-9,11H2. The first-order valence-corrected chi connectivity index (χ1v) is 6.09. The number of carbonyl (C=O) groups is 1. The van der Waals surface area contributed by atoms with Crippen molar-refractivity contribution in [3.63, 3.8) is 0 Å². The zero-order valence-electron chi connectivity index (χ0n) is 9.89. The first-order valence-electron chi connectivity index (χ1n) is 6.09. The van der Waals surface area contributed by atoms with Gasteiger partial charge in [-0.25, -0.2) is 0 Å². The fourth-order valence-corrected chi connectivity index (χ4v) is 2.39. The fourth-order valence-electron chi connectivity index (χ4n) is 2.39. The maximum absolute atomic E-state index is 10.0. The van der Waals surface area contributed by atoms with E-state index in [-0.39, 0.29) is 0 Å². The molecule has 0 heterocycles. The zero-order valence-corrected chi connectivity index (χ0v) is 9.89. The normalized spacial score (nSPS) is 19.8. The van der Waals surface area contributed by atoms with Crippen molar-refractivity contribution in [1.82, 2.24) is 0 Å². The van der Waals surface area contributed by atoms with Crippen molar-refractivity contribution in [2.24, 2.45) is 0 Å². The molecule has 2 nitrogen and oxygen atoms in total. The lowest BCUT2D eigenvalue weighted by Gasteiger charge is -2.24. The maximum Gasteiger partial charge on any atom is 0.293 e. The molecule has 0 saturated heterocycles. The van der Waals surface area contributed by atoms with Gasteiger partial charge in [-0.3, -0.25) is 4.79 Å². The lowest BCUT2D eigenvalue weighted by atomic mass is 9.81. The maximum atomic E-state index is 10.0. The van der Waals surface area contributed by atoms with E-state index in [4.69, 9.17) is 0 Å². The number of ether oxygens (including phenoxy) is 1. The summed E-state index contributed by atoms with van der Waals surface area (Å²) in [5.41, 5.74) is 2.82. The molecule has 0 amide bonds. The first kappa shape index (κ1) is 11.9. The molecule has 1 aliphatic carbocycles. The Hall–Kier alpha value is -1.57. The molecule has 89 valence electrons. The first-order chi connectivity index (χ1) is 8.40. The molecule has 1 aromatic rings. The van der Waals surface area contributed by atoms with Gasteiger partial charge in [-0.15, -0.1) is 0 Å². The van der Waals surface area contributed by atoms with Gasteiger partial charge in [0.1, 0.15) is 6.61 Å². The highest BCUT2D eigenvalue weighted by atomic mass is 16.5. The smallest absolute Gasteiger partial charge is 0.293 e. The second-order valence-electron chi connectivity index (χ2n) is 4.40. The summed E-state index contributed by atoms with van der Waals surface area (Å²) >= 11 is 0. The van der Waals surface area contributed by atoms with E-state index in [0.717, 1.165) is 12.8 Å². The minimum Gasteiger partial charge on any atom is -0.464 e. The van der Waals surface area contributed by atoms with E-state index < -0.39 is 0 Å². The summed E-state index contributed by atoms with van der Waals surface area (Å²) in [7, 11) is 0. The molecular formula is C15H17O2. The van der Waals surface area contributed by atoms with Crippen molar-refractivity contribution in [3.8, 4) is 0 Å². The minimum atomic E-state index is 0.419. The van der Waals surface area contributed by atoms with E-state index in [1.165, 1.54) is 24.0 Å². The second-order valence-corrected chi connectivity index (χ2v) is 4.40. The van der Waals surface area contributed by atoms with E-state index in [1.54, 1.807) is 0 Å². The Morgan fingerprint density at radius 2 is 2.24 bits per heavy atom.